The Hall–Kier alpha value is -2.22. The summed E-state index contributed by atoms with van der Waals surface area (Å²) in [7, 11) is 1.97. The number of hydrogen-bond donors (Lipinski definition) is 1. The highest BCUT2D eigenvalue weighted by atomic mass is 32.2. The molecule has 1 aromatic heterocycles. The van der Waals surface area contributed by atoms with Crippen molar-refractivity contribution >= 4 is 17.7 Å². The standard InChI is InChI=1S/C20H26N4O3S/c1-4-26-16-8-14-7-12(2)27-17(14)9-15(16)10-21-18(25)11-28-20-23-22-19(24(20)3)13-5-6-13/h8-9,12-13H,4-7,10-11H2,1-3H3,(H,21,25)/t12-/m1/s1. The number of carbonyl (C=O) groups excluding carboxylic acids is 1. The maximum absolute atomic E-state index is 12.3. The topological polar surface area (TPSA) is 78.3 Å². The summed E-state index contributed by atoms with van der Waals surface area (Å²) < 4.78 is 13.6. The van der Waals surface area contributed by atoms with Gasteiger partial charge in [0.2, 0.25) is 5.91 Å². The fourth-order valence-corrected chi connectivity index (χ4v) is 4.18. The van der Waals surface area contributed by atoms with Crippen LogP contribution in [0.4, 0.5) is 0 Å². The molecule has 2 aromatic rings. The van der Waals surface area contributed by atoms with Crippen molar-refractivity contribution in [2.24, 2.45) is 7.05 Å². The van der Waals surface area contributed by atoms with Crippen LogP contribution in [-0.4, -0.2) is 39.1 Å². The van der Waals surface area contributed by atoms with Crippen LogP contribution >= 0.6 is 11.8 Å². The number of thioether (sulfide) groups is 1. The summed E-state index contributed by atoms with van der Waals surface area (Å²) in [5, 5.41) is 12.2. The normalized spacial score (nSPS) is 17.9. The zero-order valence-corrected chi connectivity index (χ0v) is 17.3. The smallest absolute Gasteiger partial charge is 0.230 e. The molecular formula is C20H26N4O3S. The Morgan fingerprint density at radius 1 is 1.39 bits per heavy atom. The van der Waals surface area contributed by atoms with Crippen molar-refractivity contribution in [3.63, 3.8) is 0 Å². The number of nitrogens with zero attached hydrogens (tertiary/aromatic N) is 3. The van der Waals surface area contributed by atoms with Crippen molar-refractivity contribution in [2.75, 3.05) is 12.4 Å². The molecule has 1 fully saturated rings. The lowest BCUT2D eigenvalue weighted by Gasteiger charge is -2.13. The van der Waals surface area contributed by atoms with Gasteiger partial charge in [-0.25, -0.2) is 0 Å². The summed E-state index contributed by atoms with van der Waals surface area (Å²) in [6.45, 7) is 5.01. The number of fused-ring (bicyclic) bond motifs is 1. The van der Waals surface area contributed by atoms with Gasteiger partial charge in [0, 0.05) is 37.1 Å². The van der Waals surface area contributed by atoms with E-state index in [4.69, 9.17) is 9.47 Å². The molecule has 0 saturated heterocycles. The average Bonchev–Trinajstić information content (AvgIpc) is 3.34. The van der Waals surface area contributed by atoms with Crippen LogP contribution in [0.1, 0.15) is 49.6 Å². The molecule has 0 bridgehead atoms. The van der Waals surface area contributed by atoms with Crippen molar-refractivity contribution in [3.05, 3.63) is 29.1 Å². The quantitative estimate of drug-likeness (QED) is 0.684. The number of carbonyl (C=O) groups is 1. The Morgan fingerprint density at radius 3 is 2.96 bits per heavy atom. The number of amides is 1. The number of benzene rings is 1. The Labute approximate surface area is 169 Å². The Morgan fingerprint density at radius 2 is 2.21 bits per heavy atom. The molecule has 7 nitrogen and oxygen atoms in total. The van der Waals surface area contributed by atoms with Crippen molar-refractivity contribution in [3.8, 4) is 11.5 Å². The first-order chi connectivity index (χ1) is 13.5. The van der Waals surface area contributed by atoms with Gasteiger partial charge in [-0.1, -0.05) is 11.8 Å². The highest BCUT2D eigenvalue weighted by Crippen LogP contribution is 2.39. The third kappa shape index (κ3) is 4.11. The van der Waals surface area contributed by atoms with E-state index in [1.54, 1.807) is 0 Å². The van der Waals surface area contributed by atoms with Crippen LogP contribution in [0.5, 0.6) is 11.5 Å². The van der Waals surface area contributed by atoms with Crippen molar-refractivity contribution in [2.45, 2.75) is 56.8 Å². The van der Waals surface area contributed by atoms with Crippen molar-refractivity contribution in [1.29, 1.82) is 0 Å². The van der Waals surface area contributed by atoms with E-state index in [0.717, 1.165) is 40.0 Å². The van der Waals surface area contributed by atoms with E-state index in [9.17, 15) is 4.79 Å². The number of ether oxygens (including phenoxy) is 2. The molecule has 0 spiro atoms. The lowest BCUT2D eigenvalue weighted by molar-refractivity contribution is -0.118. The monoisotopic (exact) mass is 402 g/mol. The third-order valence-electron chi connectivity index (χ3n) is 5.00. The minimum Gasteiger partial charge on any atom is -0.494 e. The van der Waals surface area contributed by atoms with Crippen LogP contribution in [0.2, 0.25) is 0 Å². The Balaban J connectivity index is 1.35. The zero-order valence-electron chi connectivity index (χ0n) is 16.5. The summed E-state index contributed by atoms with van der Waals surface area (Å²) in [5.41, 5.74) is 2.10. The fourth-order valence-electron chi connectivity index (χ4n) is 3.43. The second-order valence-electron chi connectivity index (χ2n) is 7.37. The molecule has 4 rings (SSSR count). The summed E-state index contributed by atoms with van der Waals surface area (Å²) >= 11 is 1.41. The molecule has 8 heteroatoms. The second kappa shape index (κ2) is 8.03. The molecule has 28 heavy (non-hydrogen) atoms. The molecule has 2 heterocycles. The van der Waals surface area contributed by atoms with E-state index in [1.807, 2.05) is 30.7 Å². The fraction of sp³-hybridized carbons (Fsp3) is 0.550. The van der Waals surface area contributed by atoms with Gasteiger partial charge >= 0.3 is 0 Å². The van der Waals surface area contributed by atoms with Gasteiger partial charge in [-0.15, -0.1) is 10.2 Å². The first-order valence-electron chi connectivity index (χ1n) is 9.79. The lowest BCUT2D eigenvalue weighted by atomic mass is 10.1. The summed E-state index contributed by atoms with van der Waals surface area (Å²) in [6.07, 6.45) is 3.43. The molecule has 1 atom stereocenters. The van der Waals surface area contributed by atoms with Crippen LogP contribution < -0.4 is 14.8 Å². The van der Waals surface area contributed by atoms with E-state index in [0.29, 0.717) is 24.8 Å². The van der Waals surface area contributed by atoms with Gasteiger partial charge in [-0.3, -0.25) is 4.79 Å². The maximum Gasteiger partial charge on any atom is 0.230 e. The van der Waals surface area contributed by atoms with Gasteiger partial charge in [-0.05, 0) is 38.8 Å². The van der Waals surface area contributed by atoms with Crippen LogP contribution in [0.25, 0.3) is 0 Å². The molecule has 1 aliphatic carbocycles. The van der Waals surface area contributed by atoms with Gasteiger partial charge in [0.05, 0.1) is 12.4 Å². The number of aromatic nitrogens is 3. The van der Waals surface area contributed by atoms with Gasteiger partial charge in [0.15, 0.2) is 5.16 Å². The molecule has 1 aromatic carbocycles. The molecule has 150 valence electrons. The Bertz CT molecular complexity index is 879. The van der Waals surface area contributed by atoms with Crippen LogP contribution in [0.3, 0.4) is 0 Å². The minimum atomic E-state index is -0.0433. The van der Waals surface area contributed by atoms with E-state index in [1.165, 1.54) is 24.6 Å². The van der Waals surface area contributed by atoms with E-state index in [2.05, 4.69) is 22.4 Å². The number of nitrogens with one attached hydrogen (secondary N) is 1. The highest BCUT2D eigenvalue weighted by Gasteiger charge is 2.29. The molecule has 1 aliphatic heterocycles. The van der Waals surface area contributed by atoms with Crippen LogP contribution in [0.15, 0.2) is 17.3 Å². The molecular weight excluding hydrogens is 376 g/mol. The summed E-state index contributed by atoms with van der Waals surface area (Å²) in [6, 6.07) is 4.03. The lowest BCUT2D eigenvalue weighted by Crippen LogP contribution is -2.25. The first kappa shape index (κ1) is 19.1. The SMILES string of the molecule is CCOc1cc2c(cc1CNC(=O)CSc1nnc(C3CC3)n1C)O[C@H](C)C2. The largest absolute Gasteiger partial charge is 0.494 e. The van der Waals surface area contributed by atoms with Gasteiger partial charge < -0.3 is 19.4 Å². The number of hydrogen-bond acceptors (Lipinski definition) is 6. The third-order valence-corrected chi connectivity index (χ3v) is 6.02. The molecule has 0 radical (unpaired) electrons. The molecule has 1 amide bonds. The summed E-state index contributed by atoms with van der Waals surface area (Å²) in [5.74, 6) is 3.53. The molecule has 1 saturated carbocycles. The Kier molecular flexibility index (Phi) is 5.48. The maximum atomic E-state index is 12.3. The molecule has 2 aliphatic rings. The van der Waals surface area contributed by atoms with Gasteiger partial charge in [0.1, 0.15) is 23.4 Å². The predicted molar refractivity (Wildman–Crippen MR) is 107 cm³/mol. The van der Waals surface area contributed by atoms with Crippen molar-refractivity contribution in [1.82, 2.24) is 20.1 Å². The second-order valence-corrected chi connectivity index (χ2v) is 8.32. The van der Waals surface area contributed by atoms with Crippen molar-refractivity contribution < 1.29 is 14.3 Å². The van der Waals surface area contributed by atoms with E-state index in [-0.39, 0.29) is 12.0 Å². The van der Waals surface area contributed by atoms with Crippen LogP contribution in [-0.2, 0) is 24.8 Å². The van der Waals surface area contributed by atoms with Gasteiger partial charge in [0.25, 0.3) is 0 Å². The number of rotatable bonds is 8. The summed E-state index contributed by atoms with van der Waals surface area (Å²) in [4.78, 5) is 12.3. The van der Waals surface area contributed by atoms with E-state index >= 15 is 0 Å². The molecule has 0 unspecified atom stereocenters. The zero-order chi connectivity index (χ0) is 19.7. The van der Waals surface area contributed by atoms with Crippen LogP contribution in [0, 0.1) is 0 Å². The van der Waals surface area contributed by atoms with E-state index < -0.39 is 0 Å². The highest BCUT2D eigenvalue weighted by molar-refractivity contribution is 7.99. The first-order valence-corrected chi connectivity index (χ1v) is 10.8. The average molecular weight is 403 g/mol. The van der Waals surface area contributed by atoms with Gasteiger partial charge in [-0.2, -0.15) is 0 Å². The predicted octanol–water partition coefficient (Wildman–Crippen LogP) is 2.82. The molecule has 1 N–H and O–H groups in total. The minimum absolute atomic E-state index is 0.0433.